The first-order valence-corrected chi connectivity index (χ1v) is 14.6. The van der Waals surface area contributed by atoms with Crippen LogP contribution in [0.1, 0.15) is 82.9 Å². The van der Waals surface area contributed by atoms with Crippen molar-refractivity contribution in [3.05, 3.63) is 68.2 Å². The van der Waals surface area contributed by atoms with Crippen molar-refractivity contribution in [1.29, 1.82) is 0 Å². The maximum atomic E-state index is 14.8. The summed E-state index contributed by atoms with van der Waals surface area (Å²) in [5, 5.41) is 0.144. The highest BCUT2D eigenvalue weighted by Gasteiger charge is 2.37. The standard InChI is InChI=1S/C30H38ClFN2O5Si/c1-10-38-28(36)21-16-34(25(17(2)3)30(7,8)39-40-29(4,5)6)26-20(24(21)35)15-19(27(33-26)37-9)14-18-12-11-13-22(31)23(18)32/h11-13,15-17,25H,10,14H2,1-9H3/t25-/m0/s1. The van der Waals surface area contributed by atoms with Gasteiger partial charge in [-0.25, -0.2) is 9.18 Å². The van der Waals surface area contributed by atoms with E-state index in [1.54, 1.807) is 25.1 Å². The molecule has 0 saturated carbocycles. The number of hydrogen-bond donors (Lipinski definition) is 0. The Morgan fingerprint density at radius 1 is 1.18 bits per heavy atom. The molecule has 3 aromatic rings. The van der Waals surface area contributed by atoms with Crippen LogP contribution in [0.2, 0.25) is 10.1 Å². The zero-order valence-corrected chi connectivity index (χ0v) is 26.4. The number of nitrogens with zero attached hydrogens (tertiary/aromatic N) is 2. The van der Waals surface area contributed by atoms with Gasteiger partial charge >= 0.3 is 5.97 Å². The molecule has 0 spiro atoms. The van der Waals surface area contributed by atoms with Crippen molar-refractivity contribution in [3.63, 3.8) is 0 Å². The van der Waals surface area contributed by atoms with Crippen molar-refractivity contribution >= 4 is 38.4 Å². The molecular formula is C30H38ClFN2O5Si. The van der Waals surface area contributed by atoms with Gasteiger partial charge in [0, 0.05) is 18.2 Å². The van der Waals surface area contributed by atoms with E-state index in [0.29, 0.717) is 16.8 Å². The Balaban J connectivity index is 2.34. The predicted octanol–water partition coefficient (Wildman–Crippen LogP) is 6.80. The van der Waals surface area contributed by atoms with Crippen molar-refractivity contribution in [3.8, 4) is 5.88 Å². The van der Waals surface area contributed by atoms with Crippen LogP contribution in [0.15, 0.2) is 35.3 Å². The van der Waals surface area contributed by atoms with E-state index in [-0.39, 0.29) is 61.6 Å². The lowest BCUT2D eigenvalue weighted by Gasteiger charge is -2.40. The van der Waals surface area contributed by atoms with Crippen LogP contribution in [0.5, 0.6) is 5.88 Å². The minimum Gasteiger partial charge on any atom is -0.481 e. The predicted molar refractivity (Wildman–Crippen MR) is 157 cm³/mol. The van der Waals surface area contributed by atoms with Gasteiger partial charge in [-0.1, -0.05) is 58.4 Å². The second-order valence-corrected chi connectivity index (χ2v) is 14.0. The van der Waals surface area contributed by atoms with Crippen LogP contribution >= 0.6 is 11.6 Å². The summed E-state index contributed by atoms with van der Waals surface area (Å²) in [5.74, 6) is -1.02. The monoisotopic (exact) mass is 588 g/mol. The van der Waals surface area contributed by atoms with Crippen molar-refractivity contribution in [2.24, 2.45) is 5.92 Å². The van der Waals surface area contributed by atoms with E-state index < -0.39 is 22.8 Å². The molecule has 0 aliphatic carbocycles. The Labute approximate surface area is 242 Å². The van der Waals surface area contributed by atoms with E-state index in [9.17, 15) is 14.0 Å². The highest BCUT2D eigenvalue weighted by molar-refractivity contribution is 6.32. The van der Waals surface area contributed by atoms with Gasteiger partial charge in [-0.3, -0.25) is 4.79 Å². The first-order chi connectivity index (χ1) is 18.6. The number of aromatic nitrogens is 2. The van der Waals surface area contributed by atoms with Crippen molar-refractivity contribution in [2.45, 2.75) is 78.5 Å². The number of methoxy groups -OCH3 is 1. The van der Waals surface area contributed by atoms with Crippen molar-refractivity contribution in [2.75, 3.05) is 13.7 Å². The molecule has 0 unspecified atom stereocenters. The van der Waals surface area contributed by atoms with Crippen molar-refractivity contribution < 1.29 is 23.1 Å². The summed E-state index contributed by atoms with van der Waals surface area (Å²) in [6, 6.07) is 6.03. The lowest BCUT2D eigenvalue weighted by molar-refractivity contribution is 0.0284. The highest BCUT2D eigenvalue weighted by Crippen LogP contribution is 2.37. The molecule has 2 heterocycles. The van der Waals surface area contributed by atoms with Gasteiger partial charge in [0.2, 0.25) is 21.1 Å². The number of rotatable bonds is 10. The number of esters is 1. The van der Waals surface area contributed by atoms with Gasteiger partial charge in [0.1, 0.15) is 17.0 Å². The van der Waals surface area contributed by atoms with Gasteiger partial charge in [-0.2, -0.15) is 4.98 Å². The molecule has 10 heteroatoms. The third-order valence-corrected chi connectivity index (χ3v) is 7.94. The molecule has 2 radical (unpaired) electrons. The number of hydrogen-bond acceptors (Lipinski definition) is 6. The fourth-order valence-electron chi connectivity index (χ4n) is 4.86. The summed E-state index contributed by atoms with van der Waals surface area (Å²) in [5.41, 5.74) is -0.199. The number of carbonyl (C=O) groups is 1. The molecule has 1 atom stereocenters. The summed E-state index contributed by atoms with van der Waals surface area (Å²) in [6.07, 6.45) is 1.60. The molecule has 7 nitrogen and oxygen atoms in total. The van der Waals surface area contributed by atoms with Crippen LogP contribution in [0.3, 0.4) is 0 Å². The van der Waals surface area contributed by atoms with Crippen LogP contribution < -0.4 is 10.2 Å². The van der Waals surface area contributed by atoms with Gasteiger partial charge in [-0.15, -0.1) is 0 Å². The summed E-state index contributed by atoms with van der Waals surface area (Å²) >= 11 is 6.00. The lowest BCUT2D eigenvalue weighted by Crippen LogP contribution is -2.42. The Kier molecular flexibility index (Phi) is 9.85. The Morgan fingerprint density at radius 3 is 2.42 bits per heavy atom. The average Bonchev–Trinajstić information content (AvgIpc) is 2.86. The Morgan fingerprint density at radius 2 is 1.85 bits per heavy atom. The normalized spacial score (nSPS) is 13.1. The van der Waals surface area contributed by atoms with Crippen LogP contribution in [0.4, 0.5) is 4.39 Å². The maximum Gasteiger partial charge on any atom is 0.343 e. The summed E-state index contributed by atoms with van der Waals surface area (Å²) in [4.78, 5) is 31.4. The molecule has 3 rings (SSSR count). The molecule has 0 fully saturated rings. The Hall–Kier alpha value is -2.75. The fraction of sp³-hybridized carbons (Fsp3) is 0.500. The SMILES string of the molecule is CCOC(=O)c1cn([C@@H](C(C)C)C(C)(C)O[Si]C(C)(C)C)c2nc(OC)c(Cc3cccc(Cl)c3F)cc2c1=O. The van der Waals surface area contributed by atoms with Gasteiger partial charge < -0.3 is 18.5 Å². The Bertz CT molecular complexity index is 1450. The zero-order valence-electron chi connectivity index (χ0n) is 24.6. The third-order valence-electron chi connectivity index (χ3n) is 6.41. The van der Waals surface area contributed by atoms with E-state index in [2.05, 4.69) is 34.6 Å². The number of ether oxygens (including phenoxy) is 2. The molecule has 0 saturated heterocycles. The summed E-state index contributed by atoms with van der Waals surface area (Å²) in [7, 11) is 1.68. The first-order valence-electron chi connectivity index (χ1n) is 13.3. The first kappa shape index (κ1) is 31.8. The topological polar surface area (TPSA) is 79.7 Å². The molecule has 0 amide bonds. The second kappa shape index (κ2) is 12.4. The molecule has 0 bridgehead atoms. The van der Waals surface area contributed by atoms with Crippen LogP contribution in [-0.4, -0.2) is 44.6 Å². The molecule has 0 N–H and O–H groups in total. The molecule has 1 aromatic carbocycles. The van der Waals surface area contributed by atoms with E-state index in [4.69, 9.17) is 30.5 Å². The van der Waals surface area contributed by atoms with Crippen LogP contribution in [-0.2, 0) is 15.6 Å². The van der Waals surface area contributed by atoms with E-state index in [1.807, 2.05) is 18.4 Å². The summed E-state index contributed by atoms with van der Waals surface area (Å²) in [6.45, 7) is 16.2. The van der Waals surface area contributed by atoms with E-state index in [0.717, 1.165) is 0 Å². The molecule has 0 aliphatic rings. The van der Waals surface area contributed by atoms with Crippen LogP contribution in [0.25, 0.3) is 11.0 Å². The number of pyridine rings is 2. The number of fused-ring (bicyclic) bond motifs is 1. The molecule has 0 aliphatic heterocycles. The number of carbonyl (C=O) groups excluding carboxylic acids is 1. The molecular weight excluding hydrogens is 551 g/mol. The maximum absolute atomic E-state index is 14.8. The smallest absolute Gasteiger partial charge is 0.343 e. The zero-order chi connectivity index (χ0) is 30.0. The minimum absolute atomic E-state index is 0.00450. The van der Waals surface area contributed by atoms with Gasteiger partial charge in [0.05, 0.1) is 35.8 Å². The number of halogens is 2. The third kappa shape index (κ3) is 6.93. The van der Waals surface area contributed by atoms with E-state index >= 15 is 0 Å². The average molecular weight is 589 g/mol. The molecule has 216 valence electrons. The highest BCUT2D eigenvalue weighted by atomic mass is 35.5. The molecule has 2 aromatic heterocycles. The lowest BCUT2D eigenvalue weighted by atomic mass is 9.88. The molecule has 40 heavy (non-hydrogen) atoms. The van der Waals surface area contributed by atoms with Gasteiger partial charge in [-0.05, 0) is 49.4 Å². The van der Waals surface area contributed by atoms with Gasteiger partial charge in [0.25, 0.3) is 0 Å². The largest absolute Gasteiger partial charge is 0.481 e. The fourth-order valence-corrected chi connectivity index (χ4v) is 5.74. The van der Waals surface area contributed by atoms with E-state index in [1.165, 1.54) is 19.4 Å². The second-order valence-electron chi connectivity index (χ2n) is 11.7. The number of benzene rings is 1. The summed E-state index contributed by atoms with van der Waals surface area (Å²) < 4.78 is 34.0. The quantitative estimate of drug-likeness (QED) is 0.191. The van der Waals surface area contributed by atoms with Gasteiger partial charge in [0.15, 0.2) is 0 Å². The van der Waals surface area contributed by atoms with Crippen molar-refractivity contribution in [1.82, 2.24) is 9.55 Å². The minimum atomic E-state index is -0.723. The van der Waals surface area contributed by atoms with Crippen LogP contribution in [0, 0.1) is 11.7 Å².